The van der Waals surface area contributed by atoms with Crippen LogP contribution in [0.4, 0.5) is 0 Å². The van der Waals surface area contributed by atoms with Gasteiger partial charge in [-0.05, 0) is 47.5 Å². The van der Waals surface area contributed by atoms with Crippen LogP contribution in [0.25, 0.3) is 0 Å². The molecule has 0 bridgehead atoms. The summed E-state index contributed by atoms with van der Waals surface area (Å²) in [6, 6.07) is 0. The Labute approximate surface area is 111 Å². The van der Waals surface area contributed by atoms with Gasteiger partial charge in [-0.2, -0.15) is 0 Å². The van der Waals surface area contributed by atoms with E-state index in [1.165, 1.54) is 0 Å². The highest BCUT2D eigenvalue weighted by atomic mass is 16.6. The molecule has 1 aliphatic heterocycles. The van der Waals surface area contributed by atoms with Gasteiger partial charge in [0.15, 0.2) is 0 Å². The summed E-state index contributed by atoms with van der Waals surface area (Å²) >= 11 is 0. The maximum absolute atomic E-state index is 9.23. The highest BCUT2D eigenvalue weighted by Gasteiger charge is 2.29. The van der Waals surface area contributed by atoms with Crippen LogP contribution in [-0.2, 0) is 14.2 Å². The Morgan fingerprint density at radius 1 is 1.17 bits per heavy atom. The Morgan fingerprint density at radius 3 is 2.11 bits per heavy atom. The van der Waals surface area contributed by atoms with Gasteiger partial charge >= 0.3 is 0 Å². The minimum absolute atomic E-state index is 0.155. The fourth-order valence-electron chi connectivity index (χ4n) is 1.58. The summed E-state index contributed by atoms with van der Waals surface area (Å²) in [5.74, 6) is 0. The second kappa shape index (κ2) is 6.33. The van der Waals surface area contributed by atoms with E-state index >= 15 is 0 Å². The molecule has 108 valence electrons. The van der Waals surface area contributed by atoms with Crippen molar-refractivity contribution in [2.45, 2.75) is 70.9 Å². The lowest BCUT2D eigenvalue weighted by Crippen LogP contribution is -2.33. The summed E-state index contributed by atoms with van der Waals surface area (Å²) in [6.45, 7) is 11.9. The molecule has 0 amide bonds. The van der Waals surface area contributed by atoms with E-state index in [4.69, 9.17) is 14.2 Å². The molecule has 2 unspecified atom stereocenters. The molecule has 1 fully saturated rings. The molecule has 0 spiro atoms. The average Bonchev–Trinajstić information content (AvgIpc) is 3.06. The lowest BCUT2D eigenvalue weighted by Gasteiger charge is -2.31. The van der Waals surface area contributed by atoms with Gasteiger partial charge in [0.05, 0.1) is 37.1 Å². The molecule has 0 aliphatic carbocycles. The molecule has 0 aromatic heterocycles. The maximum Gasteiger partial charge on any atom is 0.104 e. The molecule has 4 heteroatoms. The van der Waals surface area contributed by atoms with E-state index < -0.39 is 6.10 Å². The topological polar surface area (TPSA) is 51.2 Å². The molecule has 18 heavy (non-hydrogen) atoms. The fourth-order valence-corrected chi connectivity index (χ4v) is 1.58. The van der Waals surface area contributed by atoms with Gasteiger partial charge in [-0.1, -0.05) is 0 Å². The van der Waals surface area contributed by atoms with E-state index in [-0.39, 0.29) is 11.2 Å². The second-order valence-corrected chi connectivity index (χ2v) is 6.45. The Bertz CT molecular complexity index is 226. The van der Waals surface area contributed by atoms with Gasteiger partial charge < -0.3 is 19.3 Å². The van der Waals surface area contributed by atoms with E-state index in [0.717, 1.165) is 19.4 Å². The number of epoxide rings is 1. The third-order valence-corrected chi connectivity index (χ3v) is 3.11. The van der Waals surface area contributed by atoms with E-state index in [2.05, 4.69) is 27.7 Å². The highest BCUT2D eigenvalue weighted by molar-refractivity contribution is 4.78. The SMILES string of the molecule is CC(O)COC(C)(C)CCC(C)(C)OCC1CO1. The molecule has 0 aromatic carbocycles. The number of ether oxygens (including phenoxy) is 3. The second-order valence-electron chi connectivity index (χ2n) is 6.45. The molecular weight excluding hydrogens is 232 g/mol. The van der Waals surface area contributed by atoms with Crippen LogP contribution < -0.4 is 0 Å². The largest absolute Gasteiger partial charge is 0.391 e. The maximum atomic E-state index is 9.23. The first kappa shape index (κ1) is 15.9. The summed E-state index contributed by atoms with van der Waals surface area (Å²) in [4.78, 5) is 0. The Balaban J connectivity index is 2.22. The minimum atomic E-state index is -0.416. The fraction of sp³-hybridized carbons (Fsp3) is 1.00. The van der Waals surface area contributed by atoms with Crippen molar-refractivity contribution in [3.05, 3.63) is 0 Å². The van der Waals surface area contributed by atoms with Crippen molar-refractivity contribution < 1.29 is 19.3 Å². The third-order valence-electron chi connectivity index (χ3n) is 3.11. The molecule has 1 aliphatic rings. The number of hydrogen-bond acceptors (Lipinski definition) is 4. The van der Waals surface area contributed by atoms with Gasteiger partial charge in [0.25, 0.3) is 0 Å². The van der Waals surface area contributed by atoms with Crippen molar-refractivity contribution in [2.24, 2.45) is 0 Å². The lowest BCUT2D eigenvalue weighted by atomic mass is 9.93. The van der Waals surface area contributed by atoms with Crippen molar-refractivity contribution in [1.29, 1.82) is 0 Å². The Hall–Kier alpha value is -0.160. The minimum Gasteiger partial charge on any atom is -0.391 e. The van der Waals surface area contributed by atoms with Gasteiger partial charge in [-0.3, -0.25) is 0 Å². The molecule has 1 N–H and O–H groups in total. The molecule has 1 saturated heterocycles. The summed E-state index contributed by atoms with van der Waals surface area (Å²) in [7, 11) is 0. The van der Waals surface area contributed by atoms with Crippen molar-refractivity contribution >= 4 is 0 Å². The summed E-state index contributed by atoms with van der Waals surface area (Å²) in [5, 5.41) is 9.23. The Morgan fingerprint density at radius 2 is 1.67 bits per heavy atom. The molecule has 2 atom stereocenters. The molecule has 0 saturated carbocycles. The standard InChI is InChI=1S/C14H28O4/c1-11(15)8-17-13(2,3)6-7-14(4,5)18-10-12-9-16-12/h11-12,15H,6-10H2,1-5H3. The quantitative estimate of drug-likeness (QED) is 0.645. The van der Waals surface area contributed by atoms with E-state index in [9.17, 15) is 5.11 Å². The van der Waals surface area contributed by atoms with Crippen LogP contribution in [0, 0.1) is 0 Å². The predicted molar refractivity (Wildman–Crippen MR) is 70.7 cm³/mol. The summed E-state index contributed by atoms with van der Waals surface area (Å²) in [5.41, 5.74) is -0.384. The number of aliphatic hydroxyl groups excluding tert-OH is 1. The third kappa shape index (κ3) is 7.31. The molecule has 0 aromatic rings. The zero-order chi connectivity index (χ0) is 13.8. The lowest BCUT2D eigenvalue weighted by molar-refractivity contribution is -0.0825. The molecular formula is C14H28O4. The predicted octanol–water partition coefficient (Wildman–Crippen LogP) is 2.14. The first-order chi connectivity index (χ1) is 8.20. The van der Waals surface area contributed by atoms with Gasteiger partial charge in [-0.15, -0.1) is 0 Å². The summed E-state index contributed by atoms with van der Waals surface area (Å²) < 4.78 is 16.7. The number of rotatable bonds is 9. The number of hydrogen-bond donors (Lipinski definition) is 1. The van der Waals surface area contributed by atoms with Crippen LogP contribution >= 0.6 is 0 Å². The van der Waals surface area contributed by atoms with Crippen LogP contribution in [0.1, 0.15) is 47.5 Å². The van der Waals surface area contributed by atoms with Crippen molar-refractivity contribution in [1.82, 2.24) is 0 Å². The molecule has 1 heterocycles. The normalized spacial score (nSPS) is 22.0. The monoisotopic (exact) mass is 260 g/mol. The van der Waals surface area contributed by atoms with Crippen molar-refractivity contribution in [2.75, 3.05) is 19.8 Å². The van der Waals surface area contributed by atoms with E-state index in [1.54, 1.807) is 6.92 Å². The summed E-state index contributed by atoms with van der Waals surface area (Å²) in [6.07, 6.45) is 1.72. The zero-order valence-corrected chi connectivity index (χ0v) is 12.4. The van der Waals surface area contributed by atoms with Crippen LogP contribution in [0.5, 0.6) is 0 Å². The first-order valence-electron chi connectivity index (χ1n) is 6.78. The van der Waals surface area contributed by atoms with Crippen LogP contribution in [-0.4, -0.2) is 48.3 Å². The first-order valence-corrected chi connectivity index (χ1v) is 6.78. The van der Waals surface area contributed by atoms with Crippen LogP contribution in [0.15, 0.2) is 0 Å². The van der Waals surface area contributed by atoms with E-state index in [0.29, 0.717) is 19.3 Å². The van der Waals surface area contributed by atoms with Crippen LogP contribution in [0.2, 0.25) is 0 Å². The number of aliphatic hydroxyl groups is 1. The molecule has 4 nitrogen and oxygen atoms in total. The van der Waals surface area contributed by atoms with Gasteiger partial charge in [0.2, 0.25) is 0 Å². The van der Waals surface area contributed by atoms with Gasteiger partial charge in [-0.25, -0.2) is 0 Å². The van der Waals surface area contributed by atoms with E-state index in [1.807, 2.05) is 0 Å². The molecule has 0 radical (unpaired) electrons. The van der Waals surface area contributed by atoms with Crippen molar-refractivity contribution in [3.8, 4) is 0 Å². The molecule has 1 rings (SSSR count). The highest BCUT2D eigenvalue weighted by Crippen LogP contribution is 2.26. The van der Waals surface area contributed by atoms with Gasteiger partial charge in [0.1, 0.15) is 6.10 Å². The smallest absolute Gasteiger partial charge is 0.104 e. The van der Waals surface area contributed by atoms with Crippen LogP contribution in [0.3, 0.4) is 0 Å². The van der Waals surface area contributed by atoms with Crippen molar-refractivity contribution in [3.63, 3.8) is 0 Å². The Kier molecular flexibility index (Phi) is 5.59. The average molecular weight is 260 g/mol. The van der Waals surface area contributed by atoms with Gasteiger partial charge in [0, 0.05) is 0 Å². The zero-order valence-electron chi connectivity index (χ0n) is 12.4.